The number of hydrogen-bond donors (Lipinski definition) is 0. The molecule has 0 spiro atoms. The van der Waals surface area contributed by atoms with Crippen molar-refractivity contribution in [2.24, 2.45) is 0 Å². The summed E-state index contributed by atoms with van der Waals surface area (Å²) in [6.45, 7) is 12.6. The molecule has 0 fully saturated rings. The first-order valence-electron chi connectivity index (χ1n) is 8.74. The van der Waals surface area contributed by atoms with Crippen molar-refractivity contribution < 1.29 is 9.47 Å². The van der Waals surface area contributed by atoms with E-state index >= 15 is 0 Å². The van der Waals surface area contributed by atoms with Crippen molar-refractivity contribution in [1.29, 1.82) is 0 Å². The van der Waals surface area contributed by atoms with Gasteiger partial charge in [-0.3, -0.25) is 0 Å². The van der Waals surface area contributed by atoms with Crippen LogP contribution in [0.1, 0.15) is 72.3 Å². The third-order valence-corrected chi connectivity index (χ3v) is 3.73. The van der Waals surface area contributed by atoms with Crippen LogP contribution in [0.15, 0.2) is 24.3 Å². The van der Waals surface area contributed by atoms with E-state index in [1.54, 1.807) is 0 Å². The molecule has 0 bridgehead atoms. The molecule has 0 amide bonds. The van der Waals surface area contributed by atoms with Gasteiger partial charge in [0.15, 0.2) is 0 Å². The van der Waals surface area contributed by atoms with Crippen LogP contribution in [0.5, 0.6) is 5.75 Å². The van der Waals surface area contributed by atoms with Crippen molar-refractivity contribution in [3.05, 3.63) is 29.8 Å². The molecular weight excluding hydrogens is 272 g/mol. The maximum Gasteiger partial charge on any atom is 0.119 e. The molecule has 0 radical (unpaired) electrons. The first kappa shape index (κ1) is 19.0. The van der Waals surface area contributed by atoms with E-state index < -0.39 is 0 Å². The Kier molecular flexibility index (Phi) is 8.55. The van der Waals surface area contributed by atoms with Gasteiger partial charge in [-0.05, 0) is 49.8 Å². The number of ether oxygens (including phenoxy) is 2. The minimum atomic E-state index is 0.206. The molecule has 126 valence electrons. The summed E-state index contributed by atoms with van der Waals surface area (Å²) in [4.78, 5) is 0. The van der Waals surface area contributed by atoms with E-state index in [1.165, 1.54) is 31.2 Å². The Morgan fingerprint density at radius 2 is 1.36 bits per heavy atom. The predicted molar refractivity (Wildman–Crippen MR) is 94.8 cm³/mol. The molecule has 22 heavy (non-hydrogen) atoms. The molecule has 1 aromatic carbocycles. The molecule has 0 N–H and O–H groups in total. The van der Waals surface area contributed by atoms with Gasteiger partial charge in [-0.15, -0.1) is 0 Å². The van der Waals surface area contributed by atoms with Crippen LogP contribution in [0.25, 0.3) is 0 Å². The normalized spacial score (nSPS) is 11.9. The highest BCUT2D eigenvalue weighted by Gasteiger charge is 2.12. The molecule has 0 unspecified atom stereocenters. The van der Waals surface area contributed by atoms with Gasteiger partial charge in [0, 0.05) is 6.61 Å². The lowest BCUT2D eigenvalue weighted by molar-refractivity contribution is 0.0756. The lowest BCUT2D eigenvalue weighted by atomic mass is 9.87. The van der Waals surface area contributed by atoms with E-state index in [0.717, 1.165) is 25.4 Å². The van der Waals surface area contributed by atoms with Gasteiger partial charge in [0.2, 0.25) is 0 Å². The van der Waals surface area contributed by atoms with Crippen molar-refractivity contribution in [2.45, 2.75) is 78.2 Å². The molecule has 0 heterocycles. The van der Waals surface area contributed by atoms with E-state index in [2.05, 4.69) is 58.9 Å². The van der Waals surface area contributed by atoms with Crippen LogP contribution in [-0.4, -0.2) is 19.3 Å². The summed E-state index contributed by atoms with van der Waals surface area (Å²) in [6, 6.07) is 8.52. The van der Waals surface area contributed by atoms with Crippen molar-refractivity contribution >= 4 is 0 Å². The summed E-state index contributed by atoms with van der Waals surface area (Å²) < 4.78 is 11.3. The Morgan fingerprint density at radius 1 is 0.818 bits per heavy atom. The molecular formula is C20H34O2. The smallest absolute Gasteiger partial charge is 0.119 e. The summed E-state index contributed by atoms with van der Waals surface area (Å²) in [5.74, 6) is 0.985. The Labute approximate surface area is 137 Å². The molecule has 0 saturated carbocycles. The Balaban J connectivity index is 2.05. The summed E-state index contributed by atoms with van der Waals surface area (Å²) in [7, 11) is 0. The molecule has 2 heteroatoms. The standard InChI is InChI=1S/C20H34O2/c1-17(2)21-15-9-7-6-8-10-16-22-19-13-11-18(12-14-19)20(3,4)5/h11-14,17H,6-10,15-16H2,1-5H3. The van der Waals surface area contributed by atoms with Crippen LogP contribution in [-0.2, 0) is 10.2 Å². The zero-order valence-electron chi connectivity index (χ0n) is 15.2. The molecule has 2 nitrogen and oxygen atoms in total. The Hall–Kier alpha value is -1.02. The molecule has 0 atom stereocenters. The van der Waals surface area contributed by atoms with Crippen LogP contribution < -0.4 is 4.74 Å². The van der Waals surface area contributed by atoms with Crippen molar-refractivity contribution in [3.8, 4) is 5.75 Å². The first-order chi connectivity index (χ1) is 10.4. The van der Waals surface area contributed by atoms with Gasteiger partial charge in [0.25, 0.3) is 0 Å². The van der Waals surface area contributed by atoms with Gasteiger partial charge in [-0.25, -0.2) is 0 Å². The zero-order chi connectivity index (χ0) is 16.4. The van der Waals surface area contributed by atoms with Gasteiger partial charge in [-0.2, -0.15) is 0 Å². The Morgan fingerprint density at radius 3 is 1.91 bits per heavy atom. The second-order valence-corrected chi connectivity index (χ2v) is 7.31. The van der Waals surface area contributed by atoms with Crippen LogP contribution >= 0.6 is 0 Å². The fraction of sp³-hybridized carbons (Fsp3) is 0.700. The van der Waals surface area contributed by atoms with E-state index in [4.69, 9.17) is 9.47 Å². The largest absolute Gasteiger partial charge is 0.494 e. The van der Waals surface area contributed by atoms with Gasteiger partial charge >= 0.3 is 0 Å². The van der Waals surface area contributed by atoms with Crippen LogP contribution in [0.3, 0.4) is 0 Å². The van der Waals surface area contributed by atoms with E-state index in [9.17, 15) is 0 Å². The van der Waals surface area contributed by atoms with Crippen molar-refractivity contribution in [3.63, 3.8) is 0 Å². The molecule has 0 saturated heterocycles. The van der Waals surface area contributed by atoms with Crippen LogP contribution in [0, 0.1) is 0 Å². The maximum atomic E-state index is 5.81. The second kappa shape index (κ2) is 9.89. The number of benzene rings is 1. The average molecular weight is 306 g/mol. The third kappa shape index (κ3) is 8.43. The predicted octanol–water partition coefficient (Wildman–Crippen LogP) is 5.74. The minimum absolute atomic E-state index is 0.206. The van der Waals surface area contributed by atoms with Crippen LogP contribution in [0.4, 0.5) is 0 Å². The fourth-order valence-electron chi connectivity index (χ4n) is 2.29. The third-order valence-electron chi connectivity index (χ3n) is 3.73. The summed E-state index contributed by atoms with van der Waals surface area (Å²) in [5, 5.41) is 0. The SMILES string of the molecule is CC(C)OCCCCCCCOc1ccc(C(C)(C)C)cc1. The average Bonchev–Trinajstić information content (AvgIpc) is 2.45. The molecule has 1 rings (SSSR count). The maximum absolute atomic E-state index is 5.81. The quantitative estimate of drug-likeness (QED) is 0.513. The number of unbranched alkanes of at least 4 members (excludes halogenated alkanes) is 4. The fourth-order valence-corrected chi connectivity index (χ4v) is 2.29. The topological polar surface area (TPSA) is 18.5 Å². The Bertz CT molecular complexity index is 387. The molecule has 1 aromatic rings. The first-order valence-corrected chi connectivity index (χ1v) is 8.74. The van der Waals surface area contributed by atoms with Gasteiger partial charge in [0.1, 0.15) is 5.75 Å². The lowest BCUT2D eigenvalue weighted by Gasteiger charge is -2.19. The summed E-state index contributed by atoms with van der Waals surface area (Å²) >= 11 is 0. The highest BCUT2D eigenvalue weighted by molar-refractivity contribution is 5.31. The highest BCUT2D eigenvalue weighted by atomic mass is 16.5. The van der Waals surface area contributed by atoms with Crippen LogP contribution in [0.2, 0.25) is 0 Å². The van der Waals surface area contributed by atoms with Gasteiger partial charge < -0.3 is 9.47 Å². The zero-order valence-corrected chi connectivity index (χ0v) is 15.2. The summed E-state index contributed by atoms with van der Waals surface area (Å²) in [6.07, 6.45) is 6.43. The highest BCUT2D eigenvalue weighted by Crippen LogP contribution is 2.24. The number of rotatable bonds is 10. The van der Waals surface area contributed by atoms with E-state index in [1.807, 2.05) is 0 Å². The molecule has 0 aliphatic heterocycles. The molecule has 0 aliphatic carbocycles. The van der Waals surface area contributed by atoms with E-state index in [0.29, 0.717) is 6.10 Å². The van der Waals surface area contributed by atoms with Crippen molar-refractivity contribution in [1.82, 2.24) is 0 Å². The lowest BCUT2D eigenvalue weighted by Crippen LogP contribution is -2.10. The van der Waals surface area contributed by atoms with Crippen molar-refractivity contribution in [2.75, 3.05) is 13.2 Å². The van der Waals surface area contributed by atoms with E-state index in [-0.39, 0.29) is 5.41 Å². The monoisotopic (exact) mass is 306 g/mol. The summed E-state index contributed by atoms with van der Waals surface area (Å²) in [5.41, 5.74) is 1.56. The number of hydrogen-bond acceptors (Lipinski definition) is 2. The van der Waals surface area contributed by atoms with Gasteiger partial charge in [-0.1, -0.05) is 52.2 Å². The molecule has 0 aromatic heterocycles. The van der Waals surface area contributed by atoms with Gasteiger partial charge in [0.05, 0.1) is 12.7 Å². The molecule has 0 aliphatic rings. The second-order valence-electron chi connectivity index (χ2n) is 7.31. The minimum Gasteiger partial charge on any atom is -0.494 e.